The first-order valence-electron chi connectivity index (χ1n) is 10.5. The molecule has 5 nitrogen and oxygen atoms in total. The van der Waals surface area contributed by atoms with Gasteiger partial charge in [0, 0.05) is 24.7 Å². The molecule has 1 amide bonds. The Labute approximate surface area is 194 Å². The fraction of sp³-hybridized carbons (Fsp3) is 0.240. The summed E-state index contributed by atoms with van der Waals surface area (Å²) in [5, 5.41) is 0.574. The lowest BCUT2D eigenvalue weighted by Gasteiger charge is -2.31. The quantitative estimate of drug-likeness (QED) is 0.538. The highest BCUT2D eigenvalue weighted by Gasteiger charge is 2.30. The molecule has 1 heterocycles. The third-order valence-corrected chi connectivity index (χ3v) is 7.78. The van der Waals surface area contributed by atoms with Crippen molar-refractivity contribution in [2.45, 2.75) is 31.3 Å². The van der Waals surface area contributed by atoms with Crippen LogP contribution in [0.2, 0.25) is 5.02 Å². The van der Waals surface area contributed by atoms with Crippen molar-refractivity contribution in [3.63, 3.8) is 0 Å². The molecule has 0 radical (unpaired) electrons. The normalized spacial score (nSPS) is 13.8. The van der Waals surface area contributed by atoms with Crippen molar-refractivity contribution < 1.29 is 13.2 Å². The van der Waals surface area contributed by atoms with Crippen LogP contribution in [0.1, 0.15) is 22.3 Å². The lowest BCUT2D eigenvalue weighted by atomic mass is 10.00. The van der Waals surface area contributed by atoms with E-state index in [-0.39, 0.29) is 23.9 Å². The monoisotopic (exact) mass is 468 g/mol. The maximum Gasteiger partial charge on any atom is 0.243 e. The molecule has 1 aliphatic heterocycles. The van der Waals surface area contributed by atoms with Crippen LogP contribution in [0.3, 0.4) is 0 Å². The first-order valence-corrected chi connectivity index (χ1v) is 12.3. The number of rotatable bonds is 6. The van der Waals surface area contributed by atoms with Gasteiger partial charge in [0.15, 0.2) is 0 Å². The van der Waals surface area contributed by atoms with Crippen LogP contribution in [-0.4, -0.2) is 36.6 Å². The Hall–Kier alpha value is -2.67. The van der Waals surface area contributed by atoms with Crippen molar-refractivity contribution in [1.82, 2.24) is 9.21 Å². The summed E-state index contributed by atoms with van der Waals surface area (Å²) in [6.07, 6.45) is 0.768. The summed E-state index contributed by atoms with van der Waals surface area (Å²) < 4.78 is 28.2. The van der Waals surface area contributed by atoms with Gasteiger partial charge in [-0.2, -0.15) is 4.31 Å². The number of halogens is 1. The fourth-order valence-electron chi connectivity index (χ4n) is 3.84. The van der Waals surface area contributed by atoms with Crippen LogP contribution in [0.4, 0.5) is 0 Å². The summed E-state index contributed by atoms with van der Waals surface area (Å²) in [6, 6.07) is 21.7. The molecule has 0 saturated carbocycles. The third-order valence-electron chi connectivity index (χ3n) is 5.73. The van der Waals surface area contributed by atoms with E-state index < -0.39 is 10.0 Å². The number of carbonyl (C=O) groups excluding carboxylic acids is 1. The van der Waals surface area contributed by atoms with Crippen LogP contribution in [0.25, 0.3) is 0 Å². The maximum atomic E-state index is 13.5. The minimum absolute atomic E-state index is 0.0869. The molecule has 3 aromatic rings. The number of amides is 1. The van der Waals surface area contributed by atoms with Crippen molar-refractivity contribution in [1.29, 1.82) is 0 Å². The summed E-state index contributed by atoms with van der Waals surface area (Å²) >= 11 is 5.98. The fourth-order valence-corrected chi connectivity index (χ4v) is 5.34. The smallest absolute Gasteiger partial charge is 0.243 e. The molecular weight excluding hydrogens is 444 g/mol. The van der Waals surface area contributed by atoms with Crippen molar-refractivity contribution in [3.8, 4) is 0 Å². The Bertz CT molecular complexity index is 1210. The van der Waals surface area contributed by atoms with Crippen LogP contribution in [0.15, 0.2) is 77.7 Å². The Morgan fingerprint density at radius 1 is 0.969 bits per heavy atom. The lowest BCUT2D eigenvalue weighted by Crippen LogP contribution is -2.44. The van der Waals surface area contributed by atoms with Gasteiger partial charge in [-0.3, -0.25) is 4.79 Å². The van der Waals surface area contributed by atoms with Crippen molar-refractivity contribution in [2.75, 3.05) is 13.1 Å². The molecule has 1 aliphatic rings. The highest BCUT2D eigenvalue weighted by molar-refractivity contribution is 7.89. The van der Waals surface area contributed by atoms with Crippen LogP contribution in [0.5, 0.6) is 0 Å². The number of sulfonamides is 1. The molecule has 166 valence electrons. The Balaban J connectivity index is 1.59. The number of fused-ring (bicyclic) bond motifs is 1. The van der Waals surface area contributed by atoms with Crippen LogP contribution < -0.4 is 0 Å². The average Bonchev–Trinajstić information content (AvgIpc) is 2.80. The second-order valence-corrected chi connectivity index (χ2v) is 10.4. The zero-order valence-electron chi connectivity index (χ0n) is 17.9. The van der Waals surface area contributed by atoms with E-state index in [1.54, 1.807) is 53.4 Å². The molecule has 0 spiro atoms. The molecule has 0 fully saturated rings. The number of hydrogen-bond acceptors (Lipinski definition) is 3. The van der Waals surface area contributed by atoms with Crippen molar-refractivity contribution >= 4 is 27.5 Å². The molecule has 0 aromatic heterocycles. The molecule has 0 bridgehead atoms. The van der Waals surface area contributed by atoms with E-state index in [2.05, 4.69) is 6.07 Å². The first-order chi connectivity index (χ1) is 15.3. The summed E-state index contributed by atoms with van der Waals surface area (Å²) in [6.45, 7) is 2.84. The van der Waals surface area contributed by atoms with Gasteiger partial charge < -0.3 is 4.90 Å². The molecule has 32 heavy (non-hydrogen) atoms. The van der Waals surface area contributed by atoms with E-state index in [1.165, 1.54) is 9.87 Å². The van der Waals surface area contributed by atoms with E-state index in [9.17, 15) is 13.2 Å². The highest BCUT2D eigenvalue weighted by atomic mass is 35.5. The molecule has 0 atom stereocenters. The highest BCUT2D eigenvalue weighted by Crippen LogP contribution is 2.22. The second-order valence-electron chi connectivity index (χ2n) is 8.05. The van der Waals surface area contributed by atoms with Gasteiger partial charge in [0.1, 0.15) is 0 Å². The van der Waals surface area contributed by atoms with E-state index >= 15 is 0 Å². The van der Waals surface area contributed by atoms with E-state index in [0.29, 0.717) is 18.1 Å². The number of nitrogens with zero attached hydrogens (tertiary/aromatic N) is 2. The third kappa shape index (κ3) is 5.04. The van der Waals surface area contributed by atoms with Crippen LogP contribution >= 0.6 is 11.6 Å². The Kier molecular flexibility index (Phi) is 6.65. The number of hydrogen-bond donors (Lipinski definition) is 0. The predicted octanol–water partition coefficient (Wildman–Crippen LogP) is 4.42. The average molecular weight is 469 g/mol. The standard InChI is InChI=1S/C25H25ClN2O3S/c1-19-6-12-24(13-7-19)32(30,31)28(16-20-8-10-23(26)11-9-20)18-25(29)27-15-14-21-4-2-3-5-22(21)17-27/h2-13H,14-18H2,1H3. The zero-order chi connectivity index (χ0) is 22.7. The number of benzene rings is 3. The van der Waals surface area contributed by atoms with E-state index in [0.717, 1.165) is 23.1 Å². The topological polar surface area (TPSA) is 57.7 Å². The maximum absolute atomic E-state index is 13.5. The van der Waals surface area contributed by atoms with Crippen molar-refractivity contribution in [3.05, 3.63) is 100 Å². The van der Waals surface area contributed by atoms with Gasteiger partial charge in [0.05, 0.1) is 11.4 Å². The van der Waals surface area contributed by atoms with Crippen LogP contribution in [0, 0.1) is 6.92 Å². The molecule has 3 aromatic carbocycles. The molecule has 0 aliphatic carbocycles. The summed E-state index contributed by atoms with van der Waals surface area (Å²) in [5.41, 5.74) is 4.08. The molecule has 0 N–H and O–H groups in total. The molecule has 4 rings (SSSR count). The van der Waals surface area contributed by atoms with Crippen LogP contribution in [-0.2, 0) is 34.3 Å². The van der Waals surface area contributed by atoms with Gasteiger partial charge in [0.25, 0.3) is 0 Å². The largest absolute Gasteiger partial charge is 0.337 e. The molecule has 7 heteroatoms. The van der Waals surface area contributed by atoms with E-state index in [4.69, 9.17) is 11.6 Å². The second kappa shape index (κ2) is 9.45. The Morgan fingerprint density at radius 3 is 2.31 bits per heavy atom. The molecular formula is C25H25ClN2O3S. The summed E-state index contributed by atoms with van der Waals surface area (Å²) in [4.78, 5) is 15.1. The Morgan fingerprint density at radius 2 is 1.62 bits per heavy atom. The summed E-state index contributed by atoms with van der Waals surface area (Å²) in [5.74, 6) is -0.204. The number of aryl methyl sites for hydroxylation is 1. The van der Waals surface area contributed by atoms with Crippen molar-refractivity contribution in [2.24, 2.45) is 0 Å². The predicted molar refractivity (Wildman–Crippen MR) is 126 cm³/mol. The van der Waals surface area contributed by atoms with Gasteiger partial charge in [0.2, 0.25) is 15.9 Å². The van der Waals surface area contributed by atoms with Gasteiger partial charge in [-0.05, 0) is 54.3 Å². The van der Waals surface area contributed by atoms with Gasteiger partial charge in [-0.25, -0.2) is 8.42 Å². The zero-order valence-corrected chi connectivity index (χ0v) is 19.4. The minimum Gasteiger partial charge on any atom is -0.337 e. The SMILES string of the molecule is Cc1ccc(S(=O)(=O)N(CC(=O)N2CCc3ccccc3C2)Cc2ccc(Cl)cc2)cc1. The van der Waals surface area contributed by atoms with E-state index in [1.807, 2.05) is 25.1 Å². The van der Waals surface area contributed by atoms with Gasteiger partial charge >= 0.3 is 0 Å². The summed E-state index contributed by atoms with van der Waals surface area (Å²) in [7, 11) is -3.87. The molecule has 0 saturated heterocycles. The minimum atomic E-state index is -3.87. The molecule has 0 unspecified atom stereocenters. The first kappa shape index (κ1) is 22.5. The lowest BCUT2D eigenvalue weighted by molar-refractivity contribution is -0.132. The van der Waals surface area contributed by atoms with Gasteiger partial charge in [-0.15, -0.1) is 0 Å². The van der Waals surface area contributed by atoms with Gasteiger partial charge in [-0.1, -0.05) is 65.7 Å². The number of carbonyl (C=O) groups is 1.